The molecule has 0 spiro atoms. The Hall–Kier alpha value is -2.79. The van der Waals surface area contributed by atoms with Crippen molar-refractivity contribution in [2.75, 3.05) is 38.2 Å². The largest absolute Gasteiger partial charge is 0.598 e. The van der Waals surface area contributed by atoms with Gasteiger partial charge < -0.3 is 14.2 Å². The van der Waals surface area contributed by atoms with Crippen LogP contribution in [-0.2, 0) is 11.4 Å². The molecule has 0 saturated carbocycles. The van der Waals surface area contributed by atoms with Crippen LogP contribution < -0.4 is 9.64 Å². The third-order valence-corrected chi connectivity index (χ3v) is 7.28. The Morgan fingerprint density at radius 2 is 1.81 bits per heavy atom. The van der Waals surface area contributed by atoms with Crippen LogP contribution >= 0.6 is 0 Å². The highest BCUT2D eigenvalue weighted by atomic mass is 32.2. The van der Waals surface area contributed by atoms with E-state index in [2.05, 4.69) is 11.0 Å². The number of nitriles is 1. The van der Waals surface area contributed by atoms with Gasteiger partial charge in [-0.25, -0.2) is 0 Å². The average molecular weight is 435 g/mol. The standard InChI is InChI=1S/C24H26N4O2S/c1-17(2)31(29)28-13-11-27(12-14-28)22-16-26-23-20(5-4-6-21(23)24(22)30-3)19-9-7-18(15-25)8-10-19/h4-10,16-17H,11-14H2,1-3H3. The molecule has 2 aromatic carbocycles. The lowest BCUT2D eigenvalue weighted by Gasteiger charge is -2.37. The van der Waals surface area contributed by atoms with E-state index in [0.29, 0.717) is 5.56 Å². The van der Waals surface area contributed by atoms with E-state index < -0.39 is 11.4 Å². The quantitative estimate of drug-likeness (QED) is 0.566. The Bertz CT molecular complexity index is 1100. The molecule has 4 rings (SSSR count). The smallest absolute Gasteiger partial charge is 0.153 e. The van der Waals surface area contributed by atoms with Crippen molar-refractivity contribution in [3.63, 3.8) is 0 Å². The molecule has 1 aromatic heterocycles. The molecule has 0 bridgehead atoms. The van der Waals surface area contributed by atoms with E-state index in [9.17, 15) is 4.55 Å². The van der Waals surface area contributed by atoms with Crippen LogP contribution in [0.25, 0.3) is 22.0 Å². The number of fused-ring (bicyclic) bond motifs is 1. The highest BCUT2D eigenvalue weighted by molar-refractivity contribution is 7.89. The van der Waals surface area contributed by atoms with Crippen LogP contribution in [0.3, 0.4) is 0 Å². The number of rotatable bonds is 5. The van der Waals surface area contributed by atoms with E-state index in [-0.39, 0.29) is 5.25 Å². The molecule has 7 heteroatoms. The number of nitrogens with zero attached hydrogens (tertiary/aromatic N) is 4. The van der Waals surface area contributed by atoms with E-state index in [1.54, 1.807) is 7.11 Å². The minimum absolute atomic E-state index is 0.129. The number of hydrogen-bond acceptors (Lipinski definition) is 6. The van der Waals surface area contributed by atoms with E-state index in [1.165, 1.54) is 0 Å². The summed E-state index contributed by atoms with van der Waals surface area (Å²) >= 11 is -0.946. The third-order valence-electron chi connectivity index (χ3n) is 5.60. The van der Waals surface area contributed by atoms with Gasteiger partial charge in [0.25, 0.3) is 0 Å². The van der Waals surface area contributed by atoms with Gasteiger partial charge in [-0.3, -0.25) is 4.98 Å². The normalized spacial score (nSPS) is 15.8. The van der Waals surface area contributed by atoms with Gasteiger partial charge in [0.05, 0.1) is 49.2 Å². The number of benzene rings is 2. The van der Waals surface area contributed by atoms with E-state index in [1.807, 2.05) is 66.8 Å². The Morgan fingerprint density at radius 1 is 1.10 bits per heavy atom. The van der Waals surface area contributed by atoms with Crippen molar-refractivity contribution in [1.29, 1.82) is 5.26 Å². The molecule has 1 aliphatic rings. The number of methoxy groups -OCH3 is 1. The molecule has 0 N–H and O–H groups in total. The zero-order chi connectivity index (χ0) is 22.0. The molecule has 1 fully saturated rings. The summed E-state index contributed by atoms with van der Waals surface area (Å²) in [6, 6.07) is 15.8. The molecule has 3 aromatic rings. The van der Waals surface area contributed by atoms with Crippen molar-refractivity contribution in [3.8, 4) is 22.9 Å². The molecule has 0 radical (unpaired) electrons. The van der Waals surface area contributed by atoms with Crippen LogP contribution in [0.1, 0.15) is 19.4 Å². The summed E-state index contributed by atoms with van der Waals surface area (Å²) in [7, 11) is 1.69. The van der Waals surface area contributed by atoms with E-state index in [4.69, 9.17) is 15.0 Å². The first-order chi connectivity index (χ1) is 15.0. The molecule has 31 heavy (non-hydrogen) atoms. The summed E-state index contributed by atoms with van der Waals surface area (Å²) in [5.74, 6) is 0.805. The fraction of sp³-hybridized carbons (Fsp3) is 0.333. The van der Waals surface area contributed by atoms with Gasteiger partial charge in [-0.15, -0.1) is 4.31 Å². The van der Waals surface area contributed by atoms with Gasteiger partial charge in [0.15, 0.2) is 5.75 Å². The van der Waals surface area contributed by atoms with Crippen LogP contribution in [0, 0.1) is 11.3 Å². The summed E-state index contributed by atoms with van der Waals surface area (Å²) in [5, 5.41) is 10.1. The Labute approximate surface area is 186 Å². The zero-order valence-corrected chi connectivity index (χ0v) is 18.9. The van der Waals surface area contributed by atoms with Crippen molar-refractivity contribution in [2.24, 2.45) is 0 Å². The van der Waals surface area contributed by atoms with Gasteiger partial charge in [-0.2, -0.15) is 5.26 Å². The summed E-state index contributed by atoms with van der Waals surface area (Å²) in [4.78, 5) is 7.06. The number of aromatic nitrogens is 1. The Balaban J connectivity index is 1.67. The van der Waals surface area contributed by atoms with Crippen molar-refractivity contribution in [3.05, 3.63) is 54.2 Å². The van der Waals surface area contributed by atoms with Crippen LogP contribution in [0.2, 0.25) is 0 Å². The second-order valence-electron chi connectivity index (χ2n) is 7.81. The van der Waals surface area contributed by atoms with Crippen molar-refractivity contribution < 1.29 is 9.29 Å². The van der Waals surface area contributed by atoms with Gasteiger partial charge in [-0.05, 0) is 37.6 Å². The van der Waals surface area contributed by atoms with Gasteiger partial charge in [0, 0.05) is 35.4 Å². The van der Waals surface area contributed by atoms with E-state index in [0.717, 1.165) is 59.6 Å². The molecule has 1 aliphatic heterocycles. The van der Waals surface area contributed by atoms with E-state index >= 15 is 0 Å². The van der Waals surface area contributed by atoms with Gasteiger partial charge >= 0.3 is 0 Å². The number of ether oxygens (including phenoxy) is 1. The Morgan fingerprint density at radius 3 is 2.42 bits per heavy atom. The third kappa shape index (κ3) is 4.19. The van der Waals surface area contributed by atoms with Crippen molar-refractivity contribution in [1.82, 2.24) is 9.29 Å². The minimum Gasteiger partial charge on any atom is -0.598 e. The second-order valence-corrected chi connectivity index (χ2v) is 9.82. The molecule has 1 atom stereocenters. The molecule has 1 unspecified atom stereocenters. The number of pyridine rings is 1. The zero-order valence-electron chi connectivity index (χ0n) is 18.0. The first-order valence-corrected chi connectivity index (χ1v) is 11.6. The van der Waals surface area contributed by atoms with Gasteiger partial charge in [0.1, 0.15) is 5.25 Å². The molecule has 2 heterocycles. The van der Waals surface area contributed by atoms with Gasteiger partial charge in [-0.1, -0.05) is 24.3 Å². The maximum Gasteiger partial charge on any atom is 0.153 e. The second kappa shape index (κ2) is 9.15. The van der Waals surface area contributed by atoms with Crippen LogP contribution in [0.4, 0.5) is 5.69 Å². The fourth-order valence-electron chi connectivity index (χ4n) is 3.99. The fourth-order valence-corrected chi connectivity index (χ4v) is 5.11. The highest BCUT2D eigenvalue weighted by Gasteiger charge is 2.29. The van der Waals surface area contributed by atoms with Crippen molar-refractivity contribution >= 4 is 28.0 Å². The van der Waals surface area contributed by atoms with Crippen LogP contribution in [0.5, 0.6) is 5.75 Å². The molecular formula is C24H26N4O2S. The summed E-state index contributed by atoms with van der Waals surface area (Å²) in [5.41, 5.74) is 4.48. The van der Waals surface area contributed by atoms with Crippen LogP contribution in [0.15, 0.2) is 48.7 Å². The molecule has 1 saturated heterocycles. The molecule has 6 nitrogen and oxygen atoms in total. The lowest BCUT2D eigenvalue weighted by molar-refractivity contribution is 0.375. The molecule has 0 amide bonds. The molecule has 160 valence electrons. The summed E-state index contributed by atoms with van der Waals surface area (Å²) in [6.45, 7) is 7.03. The maximum atomic E-state index is 12.4. The molecule has 0 aliphatic carbocycles. The maximum absolute atomic E-state index is 12.4. The number of para-hydroxylation sites is 1. The number of hydrogen-bond donors (Lipinski definition) is 0. The first kappa shape index (κ1) is 21.4. The highest BCUT2D eigenvalue weighted by Crippen LogP contribution is 2.39. The first-order valence-electron chi connectivity index (χ1n) is 10.4. The number of piperazine rings is 1. The molecular weight excluding hydrogens is 408 g/mol. The monoisotopic (exact) mass is 434 g/mol. The summed E-state index contributed by atoms with van der Waals surface area (Å²) in [6.07, 6.45) is 1.88. The average Bonchev–Trinajstić information content (AvgIpc) is 2.82. The minimum atomic E-state index is -0.946. The predicted molar refractivity (Wildman–Crippen MR) is 126 cm³/mol. The summed E-state index contributed by atoms with van der Waals surface area (Å²) < 4.78 is 20.3. The topological polar surface area (TPSA) is 75.4 Å². The van der Waals surface area contributed by atoms with Crippen molar-refractivity contribution in [2.45, 2.75) is 19.1 Å². The Kier molecular flexibility index (Phi) is 6.33. The lowest BCUT2D eigenvalue weighted by Crippen LogP contribution is -2.50. The van der Waals surface area contributed by atoms with Gasteiger partial charge in [0.2, 0.25) is 0 Å². The van der Waals surface area contributed by atoms with Crippen LogP contribution in [-0.4, -0.2) is 52.4 Å². The SMILES string of the molecule is COc1c(N2CCN([S+]([O-])C(C)C)CC2)cnc2c(-c3ccc(C#N)cc3)cccc12. The lowest BCUT2D eigenvalue weighted by atomic mass is 10.00. The number of anilines is 1. The predicted octanol–water partition coefficient (Wildman–Crippen LogP) is 3.98.